The van der Waals surface area contributed by atoms with Crippen LogP contribution in [0.4, 0.5) is 17.6 Å². The summed E-state index contributed by atoms with van der Waals surface area (Å²) in [5, 5.41) is 2.06. The highest BCUT2D eigenvalue weighted by Gasteiger charge is 2.25. The number of hydrogen-bond acceptors (Lipinski definition) is 1. The molecule has 0 aliphatic carbocycles. The third-order valence-corrected chi connectivity index (χ3v) is 0.813. The first kappa shape index (κ1) is 9.68. The maximum Gasteiger partial charge on any atom is 0.401 e. The van der Waals surface area contributed by atoms with Gasteiger partial charge in [-0.05, 0) is 13.0 Å². The molecule has 62 valence electrons. The molecule has 0 aromatic carbocycles. The molecule has 0 atom stereocenters. The van der Waals surface area contributed by atoms with Gasteiger partial charge in [0.1, 0.15) is 0 Å². The van der Waals surface area contributed by atoms with E-state index >= 15 is 0 Å². The molecule has 0 amide bonds. The highest BCUT2D eigenvalue weighted by Crippen LogP contribution is 2.11. The van der Waals surface area contributed by atoms with E-state index in [4.69, 9.17) is 0 Å². The summed E-state index contributed by atoms with van der Waals surface area (Å²) in [4.78, 5) is 0. The van der Waals surface area contributed by atoms with Crippen molar-refractivity contribution in [3.8, 4) is 0 Å². The van der Waals surface area contributed by atoms with Gasteiger partial charge in [0, 0.05) is 0 Å². The van der Waals surface area contributed by atoms with Crippen LogP contribution < -0.4 is 5.32 Å². The molecule has 0 aromatic rings. The van der Waals surface area contributed by atoms with Crippen LogP contribution in [-0.4, -0.2) is 25.9 Å². The number of rotatable bonds is 4. The molecule has 0 radical (unpaired) electrons. The van der Waals surface area contributed by atoms with Crippen molar-refractivity contribution in [1.82, 2.24) is 5.32 Å². The standard InChI is InChI=1S/C5H9F4N/c6-2-1-3-10-4-5(7,8)9/h10H,1-4H2. The first-order chi connectivity index (χ1) is 4.56. The van der Waals surface area contributed by atoms with Crippen molar-refractivity contribution in [2.45, 2.75) is 12.6 Å². The molecule has 1 N–H and O–H groups in total. The Labute approximate surface area is 56.4 Å². The molecule has 0 bridgehead atoms. The van der Waals surface area contributed by atoms with Crippen LogP contribution in [-0.2, 0) is 0 Å². The van der Waals surface area contributed by atoms with E-state index in [9.17, 15) is 17.6 Å². The van der Waals surface area contributed by atoms with Crippen molar-refractivity contribution in [3.05, 3.63) is 0 Å². The molecule has 0 aliphatic heterocycles. The summed E-state index contributed by atoms with van der Waals surface area (Å²) in [7, 11) is 0. The largest absolute Gasteiger partial charge is 0.401 e. The molecule has 0 rings (SSSR count). The summed E-state index contributed by atoms with van der Waals surface area (Å²) in [5.74, 6) is 0. The highest BCUT2D eigenvalue weighted by molar-refractivity contribution is 4.54. The first-order valence-electron chi connectivity index (χ1n) is 2.89. The van der Waals surface area contributed by atoms with Crippen molar-refractivity contribution in [2.24, 2.45) is 0 Å². The van der Waals surface area contributed by atoms with E-state index in [1.54, 1.807) is 0 Å². The highest BCUT2D eigenvalue weighted by atomic mass is 19.4. The molecule has 0 heterocycles. The van der Waals surface area contributed by atoms with Gasteiger partial charge in [-0.15, -0.1) is 0 Å². The molecular weight excluding hydrogens is 150 g/mol. The lowest BCUT2D eigenvalue weighted by Gasteiger charge is -2.05. The smallest absolute Gasteiger partial charge is 0.309 e. The van der Waals surface area contributed by atoms with Crippen LogP contribution >= 0.6 is 0 Å². The van der Waals surface area contributed by atoms with Gasteiger partial charge in [-0.2, -0.15) is 13.2 Å². The third kappa shape index (κ3) is 7.68. The molecule has 10 heavy (non-hydrogen) atoms. The molecule has 0 fully saturated rings. The zero-order valence-corrected chi connectivity index (χ0v) is 5.34. The van der Waals surface area contributed by atoms with Crippen molar-refractivity contribution >= 4 is 0 Å². The molecule has 0 spiro atoms. The minimum Gasteiger partial charge on any atom is -0.309 e. The Bertz CT molecular complexity index is 80.2. The summed E-state index contributed by atoms with van der Waals surface area (Å²) >= 11 is 0. The van der Waals surface area contributed by atoms with Crippen molar-refractivity contribution in [1.29, 1.82) is 0 Å². The van der Waals surface area contributed by atoms with Gasteiger partial charge in [0.15, 0.2) is 0 Å². The Balaban J connectivity index is 3.04. The van der Waals surface area contributed by atoms with Crippen LogP contribution in [0.3, 0.4) is 0 Å². The average molecular weight is 159 g/mol. The van der Waals surface area contributed by atoms with Gasteiger partial charge >= 0.3 is 6.18 Å². The van der Waals surface area contributed by atoms with Crippen LogP contribution in [0, 0.1) is 0 Å². The summed E-state index contributed by atoms with van der Waals surface area (Å²) in [6.07, 6.45) is -4.05. The molecule has 0 saturated carbocycles. The van der Waals surface area contributed by atoms with E-state index in [1.165, 1.54) is 0 Å². The zero-order chi connectivity index (χ0) is 8.04. The molecule has 0 aromatic heterocycles. The minimum atomic E-state index is -4.18. The van der Waals surface area contributed by atoms with Crippen molar-refractivity contribution in [3.63, 3.8) is 0 Å². The topological polar surface area (TPSA) is 12.0 Å². The Morgan fingerprint density at radius 2 is 1.80 bits per heavy atom. The summed E-state index contributed by atoms with van der Waals surface area (Å²) in [5.41, 5.74) is 0. The van der Waals surface area contributed by atoms with E-state index in [-0.39, 0.29) is 13.0 Å². The third-order valence-electron chi connectivity index (χ3n) is 0.813. The van der Waals surface area contributed by atoms with Gasteiger partial charge in [0.2, 0.25) is 0 Å². The predicted molar refractivity (Wildman–Crippen MR) is 29.5 cm³/mol. The second kappa shape index (κ2) is 4.49. The van der Waals surface area contributed by atoms with Crippen molar-refractivity contribution < 1.29 is 17.6 Å². The molecule has 0 saturated heterocycles. The zero-order valence-electron chi connectivity index (χ0n) is 5.34. The molecule has 0 aliphatic rings. The van der Waals surface area contributed by atoms with Crippen LogP contribution in [0.25, 0.3) is 0 Å². The Hall–Kier alpha value is -0.320. The van der Waals surface area contributed by atoms with Gasteiger partial charge < -0.3 is 5.32 Å². The van der Waals surface area contributed by atoms with Gasteiger partial charge in [0.05, 0.1) is 13.2 Å². The molecule has 5 heteroatoms. The maximum atomic E-state index is 11.3. The molecular formula is C5H9F4N. The van der Waals surface area contributed by atoms with Gasteiger partial charge in [0.25, 0.3) is 0 Å². The quantitative estimate of drug-likeness (QED) is 0.484. The van der Waals surface area contributed by atoms with Crippen LogP contribution in [0.5, 0.6) is 0 Å². The van der Waals surface area contributed by atoms with Crippen LogP contribution in [0.2, 0.25) is 0 Å². The lowest BCUT2D eigenvalue weighted by molar-refractivity contribution is -0.124. The fourth-order valence-electron chi connectivity index (χ4n) is 0.422. The average Bonchev–Trinajstić information content (AvgIpc) is 1.78. The van der Waals surface area contributed by atoms with E-state index in [1.807, 2.05) is 0 Å². The van der Waals surface area contributed by atoms with E-state index in [0.29, 0.717) is 0 Å². The monoisotopic (exact) mass is 159 g/mol. The number of halogens is 4. The Kier molecular flexibility index (Phi) is 4.34. The van der Waals surface area contributed by atoms with E-state index in [0.717, 1.165) is 0 Å². The van der Waals surface area contributed by atoms with Gasteiger partial charge in [-0.1, -0.05) is 0 Å². The fourth-order valence-corrected chi connectivity index (χ4v) is 0.422. The molecule has 1 nitrogen and oxygen atoms in total. The lowest BCUT2D eigenvalue weighted by atomic mass is 10.4. The van der Waals surface area contributed by atoms with Gasteiger partial charge in [-0.3, -0.25) is 4.39 Å². The number of hydrogen-bond donors (Lipinski definition) is 1. The van der Waals surface area contributed by atoms with E-state index < -0.39 is 19.4 Å². The Morgan fingerprint density at radius 1 is 1.20 bits per heavy atom. The number of alkyl halides is 4. The van der Waals surface area contributed by atoms with Gasteiger partial charge in [-0.25, -0.2) is 0 Å². The summed E-state index contributed by atoms with van der Waals surface area (Å²) in [6, 6.07) is 0. The van der Waals surface area contributed by atoms with Crippen molar-refractivity contribution in [2.75, 3.05) is 19.8 Å². The SMILES string of the molecule is FCCCNCC(F)(F)F. The second-order valence-electron chi connectivity index (χ2n) is 1.83. The fraction of sp³-hybridized carbons (Fsp3) is 1.00. The predicted octanol–water partition coefficient (Wildman–Crippen LogP) is 1.50. The lowest BCUT2D eigenvalue weighted by Crippen LogP contribution is -2.29. The normalized spacial score (nSPS) is 12.0. The maximum absolute atomic E-state index is 11.3. The number of nitrogens with one attached hydrogen (secondary N) is 1. The van der Waals surface area contributed by atoms with E-state index in [2.05, 4.69) is 5.32 Å². The summed E-state index contributed by atoms with van der Waals surface area (Å²) < 4.78 is 45.3. The Morgan fingerprint density at radius 3 is 2.20 bits per heavy atom. The second-order valence-corrected chi connectivity index (χ2v) is 1.83. The first-order valence-corrected chi connectivity index (χ1v) is 2.89. The minimum absolute atomic E-state index is 0.0794. The summed E-state index contributed by atoms with van der Waals surface area (Å²) in [6.45, 7) is -1.53. The van der Waals surface area contributed by atoms with Crippen LogP contribution in [0.15, 0.2) is 0 Å². The molecule has 0 unspecified atom stereocenters. The van der Waals surface area contributed by atoms with Crippen LogP contribution in [0.1, 0.15) is 6.42 Å².